The Bertz CT molecular complexity index is 358. The minimum absolute atomic E-state index is 0.00496. The maximum Gasteiger partial charge on any atom is 0.346 e. The maximum atomic E-state index is 10.7. The average molecular weight is 211 g/mol. The molecule has 0 spiro atoms. The number of nitrogens with one attached hydrogen (secondary N) is 1. The van der Waals surface area contributed by atoms with Crippen molar-refractivity contribution in [1.82, 2.24) is 4.98 Å². The molecule has 0 amide bonds. The second kappa shape index (κ2) is 5.31. The zero-order valence-electron chi connectivity index (χ0n) is 8.44. The summed E-state index contributed by atoms with van der Waals surface area (Å²) in [4.78, 5) is 13.6. The lowest BCUT2D eigenvalue weighted by Gasteiger charge is -1.99. The number of carboxylic acids is 1. The Kier molecular flexibility index (Phi) is 4.05. The van der Waals surface area contributed by atoms with Gasteiger partial charge in [-0.25, -0.2) is 14.3 Å². The van der Waals surface area contributed by atoms with Crippen LogP contribution in [0.3, 0.4) is 0 Å². The molecular formula is C10H15N2O3+. The van der Waals surface area contributed by atoms with Gasteiger partial charge in [0.15, 0.2) is 6.54 Å². The highest BCUT2D eigenvalue weighted by Crippen LogP contribution is 1.97. The fraction of sp³-hybridized carbons (Fsp3) is 0.400. The van der Waals surface area contributed by atoms with Gasteiger partial charge in [-0.2, -0.15) is 0 Å². The number of H-pyrrole nitrogens is 1. The molecule has 1 heterocycles. The van der Waals surface area contributed by atoms with Crippen LogP contribution in [-0.4, -0.2) is 27.8 Å². The fourth-order valence-electron chi connectivity index (χ4n) is 1.46. The van der Waals surface area contributed by atoms with E-state index in [9.17, 15) is 4.79 Å². The third-order valence-electron chi connectivity index (χ3n) is 2.08. The molecule has 0 fully saturated rings. The lowest BCUT2D eigenvalue weighted by atomic mass is 10.3. The van der Waals surface area contributed by atoms with Crippen LogP contribution in [0.1, 0.15) is 11.5 Å². The second-order valence-electron chi connectivity index (χ2n) is 3.17. The Balaban J connectivity index is 2.96. The van der Waals surface area contributed by atoms with Crippen molar-refractivity contribution in [3.8, 4) is 0 Å². The number of aromatic amines is 1. The molecule has 0 bridgehead atoms. The first-order valence-electron chi connectivity index (χ1n) is 4.71. The first-order chi connectivity index (χ1) is 7.19. The van der Waals surface area contributed by atoms with Crippen LogP contribution in [-0.2, 0) is 24.2 Å². The van der Waals surface area contributed by atoms with Gasteiger partial charge < -0.3 is 10.2 Å². The Hall–Kier alpha value is -1.62. The van der Waals surface area contributed by atoms with Crippen molar-refractivity contribution in [2.75, 3.05) is 6.61 Å². The number of aliphatic hydroxyl groups excluding tert-OH is 1. The third kappa shape index (κ3) is 2.92. The van der Waals surface area contributed by atoms with Gasteiger partial charge in [-0.3, -0.25) is 0 Å². The van der Waals surface area contributed by atoms with Gasteiger partial charge in [0.1, 0.15) is 11.9 Å². The van der Waals surface area contributed by atoms with E-state index in [1.807, 2.05) is 0 Å². The average Bonchev–Trinajstić information content (AvgIpc) is 2.51. The highest BCUT2D eigenvalue weighted by atomic mass is 16.4. The molecule has 15 heavy (non-hydrogen) atoms. The highest BCUT2D eigenvalue weighted by Gasteiger charge is 2.18. The normalized spacial score (nSPS) is 10.2. The Morgan fingerprint density at radius 3 is 2.93 bits per heavy atom. The van der Waals surface area contributed by atoms with Crippen LogP contribution >= 0.6 is 0 Å². The van der Waals surface area contributed by atoms with E-state index in [1.165, 1.54) is 0 Å². The number of hydrogen-bond donors (Lipinski definition) is 3. The fourth-order valence-corrected chi connectivity index (χ4v) is 1.46. The SMILES string of the molecule is C=CCc1[nH]cc(CCO)[n+]1CC(=O)O. The number of carbonyl (C=O) groups is 1. The molecule has 0 unspecified atom stereocenters. The molecule has 5 heteroatoms. The third-order valence-corrected chi connectivity index (χ3v) is 2.08. The van der Waals surface area contributed by atoms with Crippen LogP contribution < -0.4 is 4.57 Å². The number of aromatic nitrogens is 2. The van der Waals surface area contributed by atoms with Gasteiger partial charge in [0.25, 0.3) is 5.82 Å². The summed E-state index contributed by atoms with van der Waals surface area (Å²) in [5.74, 6) is -0.111. The molecule has 0 atom stereocenters. The lowest BCUT2D eigenvalue weighted by Crippen LogP contribution is -2.43. The van der Waals surface area contributed by atoms with Gasteiger partial charge >= 0.3 is 5.97 Å². The summed E-state index contributed by atoms with van der Waals surface area (Å²) in [6.07, 6.45) is 4.45. The monoisotopic (exact) mass is 211 g/mol. The molecule has 82 valence electrons. The summed E-state index contributed by atoms with van der Waals surface area (Å²) < 4.78 is 1.65. The number of carboxylic acid groups (broad SMARTS) is 1. The van der Waals surface area contributed by atoms with Crippen LogP contribution in [0.2, 0.25) is 0 Å². The summed E-state index contributed by atoms with van der Waals surface area (Å²) in [7, 11) is 0. The van der Waals surface area contributed by atoms with Crippen molar-refractivity contribution in [3.63, 3.8) is 0 Å². The topological polar surface area (TPSA) is 77.2 Å². The van der Waals surface area contributed by atoms with Gasteiger partial charge in [-0.1, -0.05) is 6.08 Å². The van der Waals surface area contributed by atoms with Gasteiger partial charge in [0.05, 0.1) is 13.0 Å². The molecule has 5 nitrogen and oxygen atoms in total. The number of imidazole rings is 1. The lowest BCUT2D eigenvalue weighted by molar-refractivity contribution is -0.698. The minimum atomic E-state index is -0.899. The molecule has 1 aromatic rings. The quantitative estimate of drug-likeness (QED) is 0.444. The van der Waals surface area contributed by atoms with E-state index in [1.54, 1.807) is 16.8 Å². The van der Waals surface area contributed by atoms with Crippen molar-refractivity contribution in [2.45, 2.75) is 19.4 Å². The predicted octanol–water partition coefficient (Wildman–Crippen LogP) is -0.350. The summed E-state index contributed by atoms with van der Waals surface area (Å²) in [6.45, 7) is 3.51. The summed E-state index contributed by atoms with van der Waals surface area (Å²) >= 11 is 0. The predicted molar refractivity (Wildman–Crippen MR) is 53.3 cm³/mol. The number of aliphatic carboxylic acids is 1. The first kappa shape index (κ1) is 11.5. The van der Waals surface area contributed by atoms with Crippen molar-refractivity contribution < 1.29 is 19.6 Å². The highest BCUT2D eigenvalue weighted by molar-refractivity contribution is 5.64. The number of aliphatic hydroxyl groups is 1. The van der Waals surface area contributed by atoms with Crippen molar-refractivity contribution in [1.29, 1.82) is 0 Å². The van der Waals surface area contributed by atoms with Crippen molar-refractivity contribution >= 4 is 5.97 Å². The van der Waals surface area contributed by atoms with E-state index in [2.05, 4.69) is 11.6 Å². The molecule has 3 N–H and O–H groups in total. The standard InChI is InChI=1S/C10H14N2O3/c1-2-3-9-11-6-8(4-5-13)12(9)7-10(14)15/h2,6,13H,1,3-5,7H2,(H,14,15)/p+1. The van der Waals surface area contributed by atoms with Crippen LogP contribution in [0, 0.1) is 0 Å². The van der Waals surface area contributed by atoms with Gasteiger partial charge in [-0.15, -0.1) is 6.58 Å². The smallest absolute Gasteiger partial charge is 0.346 e. The van der Waals surface area contributed by atoms with Gasteiger partial charge in [0.2, 0.25) is 0 Å². The zero-order chi connectivity index (χ0) is 11.3. The molecular weight excluding hydrogens is 196 g/mol. The van der Waals surface area contributed by atoms with Crippen molar-refractivity contribution in [2.24, 2.45) is 0 Å². The van der Waals surface area contributed by atoms with Crippen LogP contribution in [0.4, 0.5) is 0 Å². The number of hydrogen-bond acceptors (Lipinski definition) is 2. The Morgan fingerprint density at radius 1 is 1.67 bits per heavy atom. The van der Waals surface area contributed by atoms with Crippen LogP contribution in [0.15, 0.2) is 18.9 Å². The molecule has 1 rings (SSSR count). The second-order valence-corrected chi connectivity index (χ2v) is 3.17. The number of rotatable bonds is 6. The van der Waals surface area contributed by atoms with Crippen LogP contribution in [0.5, 0.6) is 0 Å². The molecule has 0 radical (unpaired) electrons. The summed E-state index contributed by atoms with van der Waals surface area (Å²) in [6, 6.07) is 0. The van der Waals surface area contributed by atoms with Gasteiger partial charge in [0, 0.05) is 6.42 Å². The largest absolute Gasteiger partial charge is 0.478 e. The first-order valence-corrected chi connectivity index (χ1v) is 4.71. The molecule has 0 aromatic carbocycles. The Morgan fingerprint density at radius 2 is 2.40 bits per heavy atom. The van der Waals surface area contributed by atoms with Crippen molar-refractivity contribution in [3.05, 3.63) is 30.4 Å². The van der Waals surface area contributed by atoms with E-state index in [4.69, 9.17) is 10.2 Å². The molecule has 0 saturated carbocycles. The summed E-state index contributed by atoms with van der Waals surface area (Å²) in [5, 5.41) is 17.6. The number of allylic oxidation sites excluding steroid dienone is 1. The molecule has 0 aliphatic heterocycles. The minimum Gasteiger partial charge on any atom is -0.478 e. The van der Waals surface area contributed by atoms with E-state index in [0.29, 0.717) is 12.8 Å². The van der Waals surface area contributed by atoms with E-state index in [0.717, 1.165) is 11.5 Å². The summed E-state index contributed by atoms with van der Waals surface area (Å²) in [5.41, 5.74) is 0.789. The Labute approximate surface area is 87.7 Å². The maximum absolute atomic E-state index is 10.7. The van der Waals surface area contributed by atoms with E-state index in [-0.39, 0.29) is 13.2 Å². The molecule has 1 aromatic heterocycles. The van der Waals surface area contributed by atoms with E-state index < -0.39 is 5.97 Å². The van der Waals surface area contributed by atoms with Gasteiger partial charge in [-0.05, 0) is 0 Å². The number of nitrogens with zero attached hydrogens (tertiary/aromatic N) is 1. The molecule has 0 saturated heterocycles. The molecule has 0 aliphatic rings. The molecule has 0 aliphatic carbocycles. The van der Waals surface area contributed by atoms with Crippen LogP contribution in [0.25, 0.3) is 0 Å². The zero-order valence-corrected chi connectivity index (χ0v) is 8.44. The van der Waals surface area contributed by atoms with E-state index >= 15 is 0 Å².